The summed E-state index contributed by atoms with van der Waals surface area (Å²) >= 11 is 2.78. The highest BCUT2D eigenvalue weighted by molar-refractivity contribution is 7.99. The molecule has 11 nitrogen and oxygen atoms in total. The highest BCUT2D eigenvalue weighted by atomic mass is 32.2. The van der Waals surface area contributed by atoms with Crippen LogP contribution in [0.4, 0.5) is 0 Å². The molecule has 0 aromatic carbocycles. The molecule has 0 fully saturated rings. The Bertz CT molecular complexity index is 727. The number of carbonyl (C=O) groups excluding carboxylic acids is 2. The maximum Gasteiger partial charge on any atom is 0.304 e. The molecule has 0 aromatic rings. The van der Waals surface area contributed by atoms with E-state index in [4.69, 9.17) is 20.5 Å². The molecule has 0 saturated heterocycles. The predicted octanol–water partition coefficient (Wildman–Crippen LogP) is 0.929. The molecule has 0 aliphatic rings. The van der Waals surface area contributed by atoms with Gasteiger partial charge in [0.15, 0.2) is 0 Å². The first-order valence-electron chi connectivity index (χ1n) is 9.62. The van der Waals surface area contributed by atoms with Crippen LogP contribution in [0.3, 0.4) is 0 Å². The molecule has 0 rings (SSSR count). The Hall–Kier alpha value is -1.51. The number of aliphatic carboxylic acids is 2. The number of hydrogen-bond acceptors (Lipinski definition) is 8. The second kappa shape index (κ2) is 16.2. The van der Waals surface area contributed by atoms with E-state index < -0.39 is 33.3 Å². The molecule has 0 spiro atoms. The number of carboxylic acid groups (broad SMARTS) is 2. The molecule has 0 aromatic heterocycles. The van der Waals surface area contributed by atoms with Crippen LogP contribution in [0.1, 0.15) is 40.5 Å². The molecule has 14 heteroatoms. The van der Waals surface area contributed by atoms with Crippen LogP contribution in [-0.4, -0.2) is 81.2 Å². The third-order valence-corrected chi connectivity index (χ3v) is 7.14. The highest BCUT2D eigenvalue weighted by Crippen LogP contribution is 2.13. The van der Waals surface area contributed by atoms with Crippen LogP contribution in [0.25, 0.3) is 0 Å². The molecule has 0 heterocycles. The summed E-state index contributed by atoms with van der Waals surface area (Å²) in [7, 11) is -4.17. The smallest absolute Gasteiger partial charge is 0.304 e. The summed E-state index contributed by atoms with van der Waals surface area (Å²) in [5.41, 5.74) is 3.94. The highest BCUT2D eigenvalue weighted by Gasteiger charge is 2.28. The normalized spacial score (nSPS) is 13.3. The minimum absolute atomic E-state index is 0.0350. The van der Waals surface area contributed by atoms with E-state index in [0.717, 1.165) is 0 Å². The predicted molar refractivity (Wildman–Crippen MR) is 125 cm³/mol. The first-order chi connectivity index (χ1) is 14.5. The number of carboxylic acids is 2. The number of amides is 2. The van der Waals surface area contributed by atoms with Gasteiger partial charge in [0.25, 0.3) is 10.1 Å². The summed E-state index contributed by atoms with van der Waals surface area (Å²) in [4.78, 5) is 42.8. The van der Waals surface area contributed by atoms with Crippen molar-refractivity contribution in [3.05, 3.63) is 0 Å². The molecular weight excluding hydrogens is 484 g/mol. The van der Waals surface area contributed by atoms with Gasteiger partial charge in [-0.25, -0.2) is 0 Å². The number of nitrogens with two attached hydrogens (primary N) is 1. The number of hydrogen-bond donors (Lipinski definition) is 5. The maximum atomic E-state index is 11.9. The summed E-state index contributed by atoms with van der Waals surface area (Å²) in [6, 6.07) is 0. The summed E-state index contributed by atoms with van der Waals surface area (Å²) in [6.45, 7) is 6.41. The van der Waals surface area contributed by atoms with E-state index in [1.165, 1.54) is 37.4 Å². The molecule has 6 N–H and O–H groups in total. The Labute approximate surface area is 197 Å². The lowest BCUT2D eigenvalue weighted by molar-refractivity contribution is -0.137. The molecule has 2 unspecified atom stereocenters. The third-order valence-electron chi connectivity index (χ3n) is 3.59. The molecule has 2 atom stereocenters. The van der Waals surface area contributed by atoms with Crippen LogP contribution < -0.4 is 11.1 Å². The van der Waals surface area contributed by atoms with E-state index >= 15 is 0 Å². The number of rotatable bonds is 15. The van der Waals surface area contributed by atoms with Crippen molar-refractivity contribution in [2.24, 2.45) is 17.6 Å². The van der Waals surface area contributed by atoms with Crippen molar-refractivity contribution < 1.29 is 42.4 Å². The lowest BCUT2D eigenvalue weighted by atomic mass is 10.1. The van der Waals surface area contributed by atoms with Gasteiger partial charge in [0.2, 0.25) is 11.8 Å². The summed E-state index contributed by atoms with van der Waals surface area (Å²) in [5.74, 6) is -1.49. The van der Waals surface area contributed by atoms with E-state index in [9.17, 15) is 27.6 Å². The van der Waals surface area contributed by atoms with Gasteiger partial charge >= 0.3 is 11.9 Å². The molecule has 32 heavy (non-hydrogen) atoms. The van der Waals surface area contributed by atoms with Gasteiger partial charge in [0.1, 0.15) is 0 Å². The van der Waals surface area contributed by atoms with Gasteiger partial charge in [-0.1, -0.05) is 13.8 Å². The minimum Gasteiger partial charge on any atom is -0.481 e. The Morgan fingerprint density at radius 3 is 1.69 bits per heavy atom. The van der Waals surface area contributed by atoms with Crippen molar-refractivity contribution >= 4 is 57.4 Å². The number of nitrogens with one attached hydrogen (secondary N) is 1. The Balaban J connectivity index is 0. The number of carbonyl (C=O) groups is 4. The standard InChI is InChI=1S/C11H21NO6S2.C7H13NO3S/c1-8(6-19-5-4-9(13)14)10(15)12-11(2,3)7-20(16,17)18;1-5(7(8)11)4-12-3-2-6(9)10/h8H,4-7H2,1-3H3,(H,12,15)(H,13,14)(H,16,17,18);5H,2-4H2,1H3,(H2,8,11)(H,9,10). The monoisotopic (exact) mass is 518 g/mol. The maximum absolute atomic E-state index is 11.9. The van der Waals surface area contributed by atoms with Crippen LogP contribution >= 0.6 is 23.5 Å². The minimum atomic E-state index is -4.17. The lowest BCUT2D eigenvalue weighted by Crippen LogP contribution is -2.50. The van der Waals surface area contributed by atoms with Crippen LogP contribution in [0.5, 0.6) is 0 Å². The average molecular weight is 519 g/mol. The molecule has 0 aliphatic heterocycles. The largest absolute Gasteiger partial charge is 0.481 e. The summed E-state index contributed by atoms with van der Waals surface area (Å²) < 4.78 is 30.4. The fraction of sp³-hybridized carbons (Fsp3) is 0.778. The summed E-state index contributed by atoms with van der Waals surface area (Å²) in [6.07, 6.45) is 0.170. The van der Waals surface area contributed by atoms with Gasteiger partial charge in [0.05, 0.1) is 24.1 Å². The van der Waals surface area contributed by atoms with E-state index in [-0.39, 0.29) is 36.5 Å². The van der Waals surface area contributed by atoms with Crippen molar-refractivity contribution in [3.8, 4) is 0 Å². The van der Waals surface area contributed by atoms with E-state index in [2.05, 4.69) is 5.32 Å². The SMILES string of the molecule is CC(CSCCC(=O)O)C(=O)NC(C)(C)CS(=O)(=O)O.CC(CSCCC(=O)O)C(N)=O. The Morgan fingerprint density at radius 2 is 1.34 bits per heavy atom. The van der Waals surface area contributed by atoms with Crippen LogP contribution in [0.2, 0.25) is 0 Å². The second-order valence-electron chi connectivity index (χ2n) is 7.74. The van der Waals surface area contributed by atoms with E-state index in [1.54, 1.807) is 13.8 Å². The zero-order valence-electron chi connectivity index (χ0n) is 18.7. The lowest BCUT2D eigenvalue weighted by Gasteiger charge is -2.26. The van der Waals surface area contributed by atoms with Crippen molar-refractivity contribution in [1.82, 2.24) is 5.32 Å². The zero-order chi connectivity index (χ0) is 25.5. The second-order valence-corrected chi connectivity index (χ2v) is 11.5. The van der Waals surface area contributed by atoms with E-state index in [0.29, 0.717) is 23.0 Å². The molecular formula is C18H34N2O9S3. The van der Waals surface area contributed by atoms with Gasteiger partial charge in [-0.15, -0.1) is 0 Å². The fourth-order valence-corrected chi connectivity index (χ4v) is 4.92. The van der Waals surface area contributed by atoms with Crippen LogP contribution in [0.15, 0.2) is 0 Å². The van der Waals surface area contributed by atoms with Gasteiger partial charge in [-0.05, 0) is 13.8 Å². The first-order valence-corrected chi connectivity index (χ1v) is 13.5. The van der Waals surface area contributed by atoms with Crippen molar-refractivity contribution in [1.29, 1.82) is 0 Å². The topological polar surface area (TPSA) is 201 Å². The van der Waals surface area contributed by atoms with Gasteiger partial charge < -0.3 is 21.3 Å². The molecule has 2 amide bonds. The quantitative estimate of drug-likeness (QED) is 0.152. The van der Waals surface area contributed by atoms with Crippen LogP contribution in [0, 0.1) is 11.8 Å². The van der Waals surface area contributed by atoms with Crippen molar-refractivity contribution in [2.45, 2.75) is 46.1 Å². The molecule has 0 bridgehead atoms. The Morgan fingerprint density at radius 1 is 0.938 bits per heavy atom. The molecule has 188 valence electrons. The van der Waals surface area contributed by atoms with Crippen molar-refractivity contribution in [2.75, 3.05) is 28.8 Å². The zero-order valence-corrected chi connectivity index (χ0v) is 21.1. The van der Waals surface area contributed by atoms with Crippen molar-refractivity contribution in [3.63, 3.8) is 0 Å². The van der Waals surface area contributed by atoms with E-state index in [1.807, 2.05) is 0 Å². The molecule has 0 saturated carbocycles. The first kappa shape index (κ1) is 32.7. The van der Waals surface area contributed by atoms with Gasteiger partial charge in [-0.2, -0.15) is 31.9 Å². The molecule has 0 aliphatic carbocycles. The van der Waals surface area contributed by atoms with Crippen LogP contribution in [-0.2, 0) is 29.3 Å². The van der Waals surface area contributed by atoms with Gasteiger partial charge in [0, 0.05) is 34.8 Å². The fourth-order valence-electron chi connectivity index (χ4n) is 1.95. The summed E-state index contributed by atoms with van der Waals surface area (Å²) in [5, 5.41) is 19.3. The average Bonchev–Trinajstić information content (AvgIpc) is 2.59. The Kier molecular flexibility index (Phi) is 16.5. The third kappa shape index (κ3) is 21.7. The van der Waals surface area contributed by atoms with Gasteiger partial charge in [-0.3, -0.25) is 23.7 Å². The number of primary amides is 1. The molecule has 0 radical (unpaired) electrons. The number of thioether (sulfide) groups is 2.